The molecular formula is C13H27NO4. The fourth-order valence-electron chi connectivity index (χ4n) is 1.90. The zero-order valence-corrected chi connectivity index (χ0v) is 11.5. The van der Waals surface area contributed by atoms with Crippen LogP contribution in [-0.4, -0.2) is 66.4 Å². The predicted octanol–water partition coefficient (Wildman–Crippen LogP) is 0.682. The minimum absolute atomic E-state index is 0.621. The maximum absolute atomic E-state index is 5.59. The first-order chi connectivity index (χ1) is 8.93. The Hall–Kier alpha value is -0.200. The Labute approximate surface area is 110 Å². The quantitative estimate of drug-likeness (QED) is 0.554. The molecule has 18 heavy (non-hydrogen) atoms. The van der Waals surface area contributed by atoms with Gasteiger partial charge in [-0.3, -0.25) is 0 Å². The Kier molecular flexibility index (Phi) is 10.5. The molecule has 5 nitrogen and oxygen atoms in total. The van der Waals surface area contributed by atoms with Crippen molar-refractivity contribution in [1.29, 1.82) is 0 Å². The molecule has 1 unspecified atom stereocenters. The maximum Gasteiger partial charge on any atom is 0.0701 e. The highest BCUT2D eigenvalue weighted by Crippen LogP contribution is 2.09. The molecule has 1 N–H and O–H groups in total. The molecule has 1 aliphatic rings. The van der Waals surface area contributed by atoms with Crippen molar-refractivity contribution in [2.75, 3.05) is 66.4 Å². The number of hydrogen-bond acceptors (Lipinski definition) is 5. The summed E-state index contributed by atoms with van der Waals surface area (Å²) in [6.07, 6.45) is 2.55. The normalized spacial score (nSPS) is 20.2. The number of methoxy groups -OCH3 is 1. The maximum atomic E-state index is 5.59. The van der Waals surface area contributed by atoms with Gasteiger partial charge in [0.15, 0.2) is 0 Å². The molecule has 1 atom stereocenters. The number of nitrogens with one attached hydrogen (secondary N) is 1. The number of hydrogen-bond donors (Lipinski definition) is 1. The van der Waals surface area contributed by atoms with Gasteiger partial charge in [-0.1, -0.05) is 0 Å². The molecule has 1 saturated heterocycles. The summed E-state index contributed by atoms with van der Waals surface area (Å²) in [4.78, 5) is 0. The second kappa shape index (κ2) is 11.9. The van der Waals surface area contributed by atoms with Crippen LogP contribution in [0.1, 0.15) is 12.8 Å². The van der Waals surface area contributed by atoms with Crippen LogP contribution in [0.5, 0.6) is 0 Å². The van der Waals surface area contributed by atoms with Crippen LogP contribution in [0.2, 0.25) is 0 Å². The Bertz CT molecular complexity index is 174. The molecule has 0 amide bonds. The summed E-state index contributed by atoms with van der Waals surface area (Å²) in [6.45, 7) is 6.93. The predicted molar refractivity (Wildman–Crippen MR) is 69.9 cm³/mol. The molecule has 0 saturated carbocycles. The van der Waals surface area contributed by atoms with Gasteiger partial charge in [0.1, 0.15) is 0 Å². The lowest BCUT2D eigenvalue weighted by Crippen LogP contribution is -2.32. The molecule has 0 spiro atoms. The molecule has 0 aromatic carbocycles. The summed E-state index contributed by atoms with van der Waals surface area (Å²) in [5.74, 6) is 0.677. The molecule has 0 bridgehead atoms. The van der Waals surface area contributed by atoms with Crippen molar-refractivity contribution < 1.29 is 18.9 Å². The van der Waals surface area contributed by atoms with Crippen LogP contribution in [0.25, 0.3) is 0 Å². The van der Waals surface area contributed by atoms with Crippen LogP contribution in [-0.2, 0) is 18.9 Å². The average Bonchev–Trinajstić information content (AvgIpc) is 2.42. The van der Waals surface area contributed by atoms with Crippen molar-refractivity contribution in [3.8, 4) is 0 Å². The van der Waals surface area contributed by atoms with Crippen LogP contribution < -0.4 is 5.32 Å². The smallest absolute Gasteiger partial charge is 0.0701 e. The zero-order valence-electron chi connectivity index (χ0n) is 11.5. The second-order valence-corrected chi connectivity index (χ2v) is 4.50. The third-order valence-electron chi connectivity index (χ3n) is 2.93. The molecule has 0 radical (unpaired) electrons. The van der Waals surface area contributed by atoms with E-state index in [0.717, 1.165) is 19.7 Å². The van der Waals surface area contributed by atoms with Crippen LogP contribution >= 0.6 is 0 Å². The van der Waals surface area contributed by atoms with E-state index in [0.29, 0.717) is 45.6 Å². The first kappa shape index (κ1) is 15.9. The van der Waals surface area contributed by atoms with Gasteiger partial charge in [-0.2, -0.15) is 0 Å². The van der Waals surface area contributed by atoms with Crippen LogP contribution in [0.3, 0.4) is 0 Å². The van der Waals surface area contributed by atoms with E-state index in [1.165, 1.54) is 12.8 Å². The van der Waals surface area contributed by atoms with Gasteiger partial charge >= 0.3 is 0 Å². The molecular weight excluding hydrogens is 234 g/mol. The Balaban J connectivity index is 1.73. The Morgan fingerprint density at radius 3 is 2.22 bits per heavy atom. The van der Waals surface area contributed by atoms with E-state index < -0.39 is 0 Å². The Morgan fingerprint density at radius 2 is 1.61 bits per heavy atom. The minimum Gasteiger partial charge on any atom is -0.382 e. The van der Waals surface area contributed by atoms with Crippen LogP contribution in [0.15, 0.2) is 0 Å². The van der Waals surface area contributed by atoms with E-state index in [2.05, 4.69) is 5.32 Å². The molecule has 1 rings (SSSR count). The van der Waals surface area contributed by atoms with Gasteiger partial charge in [-0.25, -0.2) is 0 Å². The van der Waals surface area contributed by atoms with E-state index in [-0.39, 0.29) is 0 Å². The van der Waals surface area contributed by atoms with E-state index >= 15 is 0 Å². The van der Waals surface area contributed by atoms with Crippen LogP contribution in [0, 0.1) is 5.92 Å². The third kappa shape index (κ3) is 8.83. The highest BCUT2D eigenvalue weighted by molar-refractivity contribution is 4.67. The third-order valence-corrected chi connectivity index (χ3v) is 2.93. The summed E-state index contributed by atoms with van der Waals surface area (Å²) in [6, 6.07) is 0. The van der Waals surface area contributed by atoms with Gasteiger partial charge in [0.25, 0.3) is 0 Å². The van der Waals surface area contributed by atoms with Gasteiger partial charge in [-0.15, -0.1) is 0 Å². The first-order valence-corrected chi connectivity index (χ1v) is 6.86. The van der Waals surface area contributed by atoms with E-state index in [1.807, 2.05) is 0 Å². The standard InChI is InChI=1S/C13H27NO4/c1-15-5-6-16-7-8-17-9-10-18-12-13-3-2-4-14-11-13/h13-14H,2-12H2,1H3. The molecule has 108 valence electrons. The minimum atomic E-state index is 0.621. The molecule has 5 heteroatoms. The van der Waals surface area contributed by atoms with Crippen molar-refractivity contribution >= 4 is 0 Å². The number of ether oxygens (including phenoxy) is 4. The summed E-state index contributed by atoms with van der Waals surface area (Å²) < 4.78 is 21.1. The lowest BCUT2D eigenvalue weighted by Gasteiger charge is -2.22. The van der Waals surface area contributed by atoms with E-state index in [4.69, 9.17) is 18.9 Å². The topological polar surface area (TPSA) is 49.0 Å². The van der Waals surface area contributed by atoms with Gasteiger partial charge < -0.3 is 24.3 Å². The first-order valence-electron chi connectivity index (χ1n) is 6.86. The Morgan fingerprint density at radius 1 is 0.944 bits per heavy atom. The summed E-state index contributed by atoms with van der Waals surface area (Å²) in [5, 5.41) is 3.38. The second-order valence-electron chi connectivity index (χ2n) is 4.50. The van der Waals surface area contributed by atoms with Crippen molar-refractivity contribution in [3.63, 3.8) is 0 Å². The zero-order chi connectivity index (χ0) is 12.9. The number of rotatable bonds is 11. The van der Waals surface area contributed by atoms with Gasteiger partial charge in [0.2, 0.25) is 0 Å². The molecule has 0 aromatic heterocycles. The average molecular weight is 261 g/mol. The lowest BCUT2D eigenvalue weighted by atomic mass is 10.0. The van der Waals surface area contributed by atoms with Crippen molar-refractivity contribution in [2.24, 2.45) is 5.92 Å². The van der Waals surface area contributed by atoms with E-state index in [9.17, 15) is 0 Å². The monoisotopic (exact) mass is 261 g/mol. The number of piperidine rings is 1. The molecule has 1 heterocycles. The summed E-state index contributed by atoms with van der Waals surface area (Å²) >= 11 is 0. The fraction of sp³-hybridized carbons (Fsp3) is 1.00. The molecule has 0 aromatic rings. The van der Waals surface area contributed by atoms with Crippen molar-refractivity contribution in [1.82, 2.24) is 5.32 Å². The van der Waals surface area contributed by atoms with Crippen LogP contribution in [0.4, 0.5) is 0 Å². The van der Waals surface area contributed by atoms with Gasteiger partial charge in [-0.05, 0) is 25.3 Å². The lowest BCUT2D eigenvalue weighted by molar-refractivity contribution is -0.00263. The molecule has 0 aliphatic carbocycles. The highest BCUT2D eigenvalue weighted by Gasteiger charge is 2.12. The summed E-state index contributed by atoms with van der Waals surface area (Å²) in [5.41, 5.74) is 0. The van der Waals surface area contributed by atoms with E-state index in [1.54, 1.807) is 7.11 Å². The molecule has 1 fully saturated rings. The van der Waals surface area contributed by atoms with Gasteiger partial charge in [0, 0.05) is 13.7 Å². The van der Waals surface area contributed by atoms with Crippen molar-refractivity contribution in [2.45, 2.75) is 12.8 Å². The largest absolute Gasteiger partial charge is 0.382 e. The molecule has 1 aliphatic heterocycles. The van der Waals surface area contributed by atoms with Gasteiger partial charge in [0.05, 0.1) is 46.2 Å². The van der Waals surface area contributed by atoms with Crippen molar-refractivity contribution in [3.05, 3.63) is 0 Å². The fourth-order valence-corrected chi connectivity index (χ4v) is 1.90. The summed E-state index contributed by atoms with van der Waals surface area (Å²) in [7, 11) is 1.67. The highest BCUT2D eigenvalue weighted by atomic mass is 16.6. The SMILES string of the molecule is COCCOCCOCCOCC1CCCNC1.